The second-order valence-electron chi connectivity index (χ2n) is 8.01. The van der Waals surface area contributed by atoms with Crippen LogP contribution in [0.4, 0.5) is 5.69 Å². The first kappa shape index (κ1) is 25.8. The lowest BCUT2D eigenvalue weighted by Gasteiger charge is -2.25. The molecule has 3 atom stereocenters. The number of aromatic nitrogens is 2. The highest BCUT2D eigenvalue weighted by atomic mass is 32.2. The Bertz CT molecular complexity index is 1350. The Morgan fingerprint density at radius 3 is 2.57 bits per heavy atom. The quantitative estimate of drug-likeness (QED) is 0.337. The number of benzene rings is 2. The highest BCUT2D eigenvalue weighted by molar-refractivity contribution is 7.89. The Hall–Kier alpha value is -3.77. The summed E-state index contributed by atoms with van der Waals surface area (Å²) in [6.07, 6.45) is 0.606. The van der Waals surface area contributed by atoms with Crippen LogP contribution < -0.4 is 14.8 Å². The molecule has 0 spiro atoms. The summed E-state index contributed by atoms with van der Waals surface area (Å²) in [7, 11) is -4.35. The molecule has 0 fully saturated rings. The van der Waals surface area contributed by atoms with Gasteiger partial charge in [0.2, 0.25) is 15.9 Å². The number of amides is 1. The normalized spacial score (nSPS) is 14.1. The van der Waals surface area contributed by atoms with Crippen molar-refractivity contribution in [3.8, 4) is 5.75 Å². The first-order valence-corrected chi connectivity index (χ1v) is 12.2. The standard InChI is InChI=1S/C23H26N4O7S/c1-14(27-13-24-19-6-4-5-7-20(19)27)15(2)34-21-10-17(25-16(3)29)8-9-22(21)35(32,33)26-18(12-28)11-23(30)31/h4-10,12-15,18,26H,11H2,1-3H3,(H,25,29)(H,30,31)/t14-,15+,18?/m0/s1. The first-order valence-electron chi connectivity index (χ1n) is 10.7. The molecule has 0 saturated carbocycles. The third-order valence-electron chi connectivity index (χ3n) is 5.33. The molecule has 0 bridgehead atoms. The van der Waals surface area contributed by atoms with Gasteiger partial charge >= 0.3 is 5.97 Å². The predicted molar refractivity (Wildman–Crippen MR) is 128 cm³/mol. The smallest absolute Gasteiger partial charge is 0.305 e. The van der Waals surface area contributed by atoms with E-state index in [9.17, 15) is 22.8 Å². The van der Waals surface area contributed by atoms with Crippen LogP contribution >= 0.6 is 0 Å². The van der Waals surface area contributed by atoms with E-state index in [1.807, 2.05) is 35.8 Å². The van der Waals surface area contributed by atoms with Crippen molar-refractivity contribution in [3.63, 3.8) is 0 Å². The number of ether oxygens (including phenoxy) is 1. The molecule has 0 aliphatic heterocycles. The minimum atomic E-state index is -4.35. The maximum absolute atomic E-state index is 13.0. The summed E-state index contributed by atoms with van der Waals surface area (Å²) in [6, 6.07) is 9.74. The highest BCUT2D eigenvalue weighted by Gasteiger charge is 2.27. The van der Waals surface area contributed by atoms with E-state index in [2.05, 4.69) is 15.0 Å². The molecule has 2 aromatic carbocycles. The van der Waals surface area contributed by atoms with E-state index in [0.29, 0.717) is 5.69 Å². The van der Waals surface area contributed by atoms with Gasteiger partial charge in [0.05, 0.1) is 35.9 Å². The number of carboxylic acids is 1. The number of sulfonamides is 1. The maximum Gasteiger partial charge on any atom is 0.305 e. The van der Waals surface area contributed by atoms with Gasteiger partial charge in [0, 0.05) is 18.7 Å². The number of aldehydes is 1. The molecule has 12 heteroatoms. The first-order chi connectivity index (χ1) is 16.5. The lowest BCUT2D eigenvalue weighted by atomic mass is 10.2. The monoisotopic (exact) mass is 502 g/mol. The van der Waals surface area contributed by atoms with Crippen LogP contribution in [0.1, 0.15) is 33.2 Å². The molecule has 1 unspecified atom stereocenters. The van der Waals surface area contributed by atoms with Gasteiger partial charge in [-0.2, -0.15) is 0 Å². The number of anilines is 1. The van der Waals surface area contributed by atoms with Gasteiger partial charge in [-0.25, -0.2) is 18.1 Å². The number of carbonyl (C=O) groups is 3. The molecule has 1 aromatic heterocycles. The van der Waals surface area contributed by atoms with E-state index in [1.54, 1.807) is 13.3 Å². The number of hydrogen-bond acceptors (Lipinski definition) is 7. The Morgan fingerprint density at radius 1 is 1.20 bits per heavy atom. The van der Waals surface area contributed by atoms with Crippen LogP contribution in [0, 0.1) is 0 Å². The minimum Gasteiger partial charge on any atom is -0.487 e. The number of carboxylic acid groups (broad SMARTS) is 1. The topological polar surface area (TPSA) is 157 Å². The summed E-state index contributed by atoms with van der Waals surface area (Å²) in [5, 5.41) is 11.5. The Labute approximate surface area is 202 Å². The number of fused-ring (bicyclic) bond motifs is 1. The van der Waals surface area contributed by atoms with E-state index in [4.69, 9.17) is 9.84 Å². The number of nitrogens with one attached hydrogen (secondary N) is 2. The average molecular weight is 503 g/mol. The van der Waals surface area contributed by atoms with Gasteiger partial charge in [0.25, 0.3) is 0 Å². The molecule has 0 aliphatic carbocycles. The van der Waals surface area contributed by atoms with Crippen LogP contribution in [0.3, 0.4) is 0 Å². The molecule has 3 aromatic rings. The van der Waals surface area contributed by atoms with Gasteiger partial charge < -0.3 is 24.5 Å². The van der Waals surface area contributed by atoms with Crippen molar-refractivity contribution in [1.82, 2.24) is 14.3 Å². The fourth-order valence-corrected chi connectivity index (χ4v) is 4.78. The predicted octanol–water partition coefficient (Wildman–Crippen LogP) is 2.34. The molecule has 3 N–H and O–H groups in total. The number of para-hydroxylation sites is 2. The zero-order valence-corrected chi connectivity index (χ0v) is 20.2. The van der Waals surface area contributed by atoms with Gasteiger partial charge in [-0.05, 0) is 38.1 Å². The molecule has 35 heavy (non-hydrogen) atoms. The van der Waals surface area contributed by atoms with Gasteiger partial charge in [-0.3, -0.25) is 9.59 Å². The molecular weight excluding hydrogens is 476 g/mol. The molecular formula is C23H26N4O7S. The molecule has 0 radical (unpaired) electrons. The van der Waals surface area contributed by atoms with Gasteiger partial charge in [-0.15, -0.1) is 0 Å². The number of hydrogen-bond donors (Lipinski definition) is 3. The summed E-state index contributed by atoms with van der Waals surface area (Å²) in [6.45, 7) is 4.95. The third kappa shape index (κ3) is 6.22. The minimum absolute atomic E-state index is 0.0764. The molecule has 0 aliphatic rings. The lowest BCUT2D eigenvalue weighted by molar-refractivity contribution is -0.138. The van der Waals surface area contributed by atoms with Crippen molar-refractivity contribution in [2.24, 2.45) is 0 Å². The van der Waals surface area contributed by atoms with Crippen LogP contribution in [-0.4, -0.2) is 53.4 Å². The van der Waals surface area contributed by atoms with E-state index >= 15 is 0 Å². The lowest BCUT2D eigenvalue weighted by Crippen LogP contribution is -2.38. The van der Waals surface area contributed by atoms with Crippen LogP contribution in [0.15, 0.2) is 53.7 Å². The van der Waals surface area contributed by atoms with Crippen molar-refractivity contribution in [2.75, 3.05) is 5.32 Å². The van der Waals surface area contributed by atoms with Crippen molar-refractivity contribution in [3.05, 3.63) is 48.8 Å². The van der Waals surface area contributed by atoms with E-state index in [0.717, 1.165) is 11.0 Å². The van der Waals surface area contributed by atoms with Gasteiger partial charge in [0.1, 0.15) is 23.0 Å². The zero-order chi connectivity index (χ0) is 25.8. The summed E-state index contributed by atoms with van der Waals surface area (Å²) >= 11 is 0. The van der Waals surface area contributed by atoms with Crippen LogP contribution in [-0.2, 0) is 24.4 Å². The largest absolute Gasteiger partial charge is 0.487 e. The number of aliphatic carboxylic acids is 1. The summed E-state index contributed by atoms with van der Waals surface area (Å²) < 4.78 is 36.1. The van der Waals surface area contributed by atoms with Crippen molar-refractivity contribution >= 4 is 44.9 Å². The SMILES string of the molecule is CC(=O)Nc1ccc(S(=O)(=O)NC(C=O)CC(=O)O)c(O[C@H](C)[C@H](C)n2cnc3ccccc32)c1. The molecule has 1 amide bonds. The third-order valence-corrected chi connectivity index (χ3v) is 6.86. The van der Waals surface area contributed by atoms with Gasteiger partial charge in [0.15, 0.2) is 0 Å². The summed E-state index contributed by atoms with van der Waals surface area (Å²) in [5.74, 6) is -1.77. The zero-order valence-electron chi connectivity index (χ0n) is 19.3. The summed E-state index contributed by atoms with van der Waals surface area (Å²) in [5.41, 5.74) is 1.97. The van der Waals surface area contributed by atoms with E-state index in [-0.39, 0.29) is 28.9 Å². The summed E-state index contributed by atoms with van der Waals surface area (Å²) in [4.78, 5) is 37.8. The Morgan fingerprint density at radius 2 is 1.91 bits per heavy atom. The number of nitrogens with zero attached hydrogens (tertiary/aromatic N) is 2. The maximum atomic E-state index is 13.0. The van der Waals surface area contributed by atoms with Crippen molar-refractivity contribution < 1.29 is 32.6 Å². The second-order valence-corrected chi connectivity index (χ2v) is 9.69. The Balaban J connectivity index is 1.95. The molecule has 1 heterocycles. The van der Waals surface area contributed by atoms with E-state index < -0.39 is 34.6 Å². The number of carbonyl (C=O) groups excluding carboxylic acids is 2. The average Bonchev–Trinajstić information content (AvgIpc) is 3.21. The fourth-order valence-electron chi connectivity index (χ4n) is 3.50. The van der Waals surface area contributed by atoms with Crippen LogP contribution in [0.5, 0.6) is 5.75 Å². The number of imidazole rings is 1. The second kappa shape index (κ2) is 10.7. The van der Waals surface area contributed by atoms with Crippen molar-refractivity contribution in [1.29, 1.82) is 0 Å². The Kier molecular flexibility index (Phi) is 7.87. The van der Waals surface area contributed by atoms with Gasteiger partial charge in [-0.1, -0.05) is 12.1 Å². The van der Waals surface area contributed by atoms with E-state index in [1.165, 1.54) is 25.1 Å². The molecule has 11 nitrogen and oxygen atoms in total. The van der Waals surface area contributed by atoms with Crippen LogP contribution in [0.25, 0.3) is 11.0 Å². The molecule has 186 valence electrons. The molecule has 3 rings (SSSR count). The number of rotatable bonds is 11. The fraction of sp³-hybridized carbons (Fsp3) is 0.304. The highest BCUT2D eigenvalue weighted by Crippen LogP contribution is 2.31. The van der Waals surface area contributed by atoms with Crippen molar-refractivity contribution in [2.45, 2.75) is 50.3 Å². The van der Waals surface area contributed by atoms with Crippen LogP contribution in [0.2, 0.25) is 0 Å². The molecule has 0 saturated heterocycles.